The lowest BCUT2D eigenvalue weighted by atomic mass is 10.1. The molecule has 0 unspecified atom stereocenters. The predicted molar refractivity (Wildman–Crippen MR) is 81.3 cm³/mol. The fraction of sp³-hybridized carbons (Fsp3) is 0.571. The van der Waals surface area contributed by atoms with Gasteiger partial charge in [-0.05, 0) is 36.1 Å². The van der Waals surface area contributed by atoms with E-state index in [-0.39, 0.29) is 11.5 Å². The molecule has 0 bridgehead atoms. The first-order chi connectivity index (χ1) is 9.36. The molecule has 0 aliphatic carbocycles. The van der Waals surface area contributed by atoms with Crippen molar-refractivity contribution in [3.63, 3.8) is 0 Å². The molecule has 0 spiro atoms. The van der Waals surface area contributed by atoms with E-state index >= 15 is 0 Å². The number of hydrogen-bond donors (Lipinski definition) is 2. The Hall–Kier alpha value is -0.620. The van der Waals surface area contributed by atoms with Crippen molar-refractivity contribution in [2.24, 2.45) is 5.92 Å². The van der Waals surface area contributed by atoms with Crippen LogP contribution in [0.3, 0.4) is 0 Å². The molecule has 0 heterocycles. The van der Waals surface area contributed by atoms with Crippen LogP contribution < -0.4 is 4.72 Å². The van der Waals surface area contributed by atoms with Crippen LogP contribution >= 0.6 is 11.6 Å². The quantitative estimate of drug-likeness (QED) is 0.724. The van der Waals surface area contributed by atoms with E-state index in [4.69, 9.17) is 16.7 Å². The molecule has 1 rings (SSSR count). The summed E-state index contributed by atoms with van der Waals surface area (Å²) in [5, 5.41) is 9.47. The molecule has 0 aliphatic rings. The maximum absolute atomic E-state index is 12.1. The Morgan fingerprint density at radius 2 is 2.00 bits per heavy atom. The van der Waals surface area contributed by atoms with Crippen LogP contribution in [0.25, 0.3) is 0 Å². The number of hydrogen-bond acceptors (Lipinski definition) is 3. The summed E-state index contributed by atoms with van der Waals surface area (Å²) in [6.07, 6.45) is 2.91. The number of aliphatic hydroxyl groups is 1. The SMILES string of the molecule is CC(C)CCCCNS(=O)(=O)c1ccc(Cl)c(CO)c1. The average Bonchev–Trinajstić information content (AvgIpc) is 2.38. The number of nitrogens with one attached hydrogen (secondary N) is 1. The van der Waals surface area contributed by atoms with Gasteiger partial charge < -0.3 is 5.11 Å². The van der Waals surface area contributed by atoms with Crippen LogP contribution in [0, 0.1) is 5.92 Å². The summed E-state index contributed by atoms with van der Waals surface area (Å²) < 4.78 is 26.7. The van der Waals surface area contributed by atoms with Crippen LogP contribution in [-0.2, 0) is 16.6 Å². The Morgan fingerprint density at radius 1 is 1.30 bits per heavy atom. The van der Waals surface area contributed by atoms with Crippen molar-refractivity contribution in [2.45, 2.75) is 44.6 Å². The van der Waals surface area contributed by atoms with E-state index in [2.05, 4.69) is 18.6 Å². The van der Waals surface area contributed by atoms with Crippen molar-refractivity contribution in [3.05, 3.63) is 28.8 Å². The fourth-order valence-corrected chi connectivity index (χ4v) is 3.11. The molecule has 114 valence electrons. The summed E-state index contributed by atoms with van der Waals surface area (Å²) in [6, 6.07) is 4.33. The number of halogens is 1. The van der Waals surface area contributed by atoms with Crippen molar-refractivity contribution < 1.29 is 13.5 Å². The largest absolute Gasteiger partial charge is 0.392 e. The van der Waals surface area contributed by atoms with Crippen molar-refractivity contribution in [1.29, 1.82) is 0 Å². The summed E-state index contributed by atoms with van der Waals surface area (Å²) in [6.45, 7) is 4.44. The van der Waals surface area contributed by atoms with Gasteiger partial charge in [-0.3, -0.25) is 0 Å². The zero-order valence-electron chi connectivity index (χ0n) is 11.9. The van der Waals surface area contributed by atoms with E-state index < -0.39 is 10.0 Å². The summed E-state index contributed by atoms with van der Waals surface area (Å²) in [5.41, 5.74) is 0.411. The molecule has 0 amide bonds. The van der Waals surface area contributed by atoms with Gasteiger partial charge in [-0.15, -0.1) is 0 Å². The molecule has 0 saturated heterocycles. The van der Waals surface area contributed by atoms with Gasteiger partial charge >= 0.3 is 0 Å². The lowest BCUT2D eigenvalue weighted by molar-refractivity contribution is 0.281. The molecule has 0 aromatic heterocycles. The van der Waals surface area contributed by atoms with Crippen LogP contribution in [0.4, 0.5) is 0 Å². The summed E-state index contributed by atoms with van der Waals surface area (Å²) in [4.78, 5) is 0.134. The highest BCUT2D eigenvalue weighted by Crippen LogP contribution is 2.20. The number of aliphatic hydroxyl groups excluding tert-OH is 1. The lowest BCUT2D eigenvalue weighted by Crippen LogP contribution is -2.25. The predicted octanol–water partition coefficient (Wildman–Crippen LogP) is 2.94. The van der Waals surface area contributed by atoms with Crippen LogP contribution in [0.15, 0.2) is 23.1 Å². The molecule has 1 aromatic carbocycles. The topological polar surface area (TPSA) is 66.4 Å². The molecule has 0 aliphatic heterocycles. The number of benzene rings is 1. The first-order valence-electron chi connectivity index (χ1n) is 6.75. The van der Waals surface area contributed by atoms with Gasteiger partial charge in [0, 0.05) is 11.6 Å². The number of rotatable bonds is 8. The van der Waals surface area contributed by atoms with Gasteiger partial charge in [-0.2, -0.15) is 0 Å². The molecular weight excluding hydrogens is 298 g/mol. The first-order valence-corrected chi connectivity index (χ1v) is 8.62. The highest BCUT2D eigenvalue weighted by molar-refractivity contribution is 7.89. The molecule has 0 atom stereocenters. The zero-order chi connectivity index (χ0) is 15.2. The van der Waals surface area contributed by atoms with E-state index in [9.17, 15) is 8.42 Å². The second-order valence-corrected chi connectivity index (χ2v) is 7.37. The van der Waals surface area contributed by atoms with E-state index in [1.165, 1.54) is 18.2 Å². The van der Waals surface area contributed by atoms with Crippen LogP contribution in [0.1, 0.15) is 38.7 Å². The van der Waals surface area contributed by atoms with Crippen LogP contribution in [0.5, 0.6) is 0 Å². The van der Waals surface area contributed by atoms with Gasteiger partial charge in [0.25, 0.3) is 0 Å². The lowest BCUT2D eigenvalue weighted by Gasteiger charge is -2.09. The Labute approximate surface area is 126 Å². The molecule has 0 saturated carbocycles. The molecule has 0 fully saturated rings. The van der Waals surface area contributed by atoms with Gasteiger partial charge in [0.1, 0.15) is 0 Å². The third-order valence-electron chi connectivity index (χ3n) is 3.00. The summed E-state index contributed by atoms with van der Waals surface area (Å²) in [7, 11) is -3.53. The maximum Gasteiger partial charge on any atom is 0.240 e. The average molecular weight is 320 g/mol. The second kappa shape index (κ2) is 7.98. The van der Waals surface area contributed by atoms with E-state index in [1.54, 1.807) is 0 Å². The monoisotopic (exact) mass is 319 g/mol. The van der Waals surface area contributed by atoms with Gasteiger partial charge in [0.15, 0.2) is 0 Å². The molecule has 20 heavy (non-hydrogen) atoms. The number of sulfonamides is 1. The van der Waals surface area contributed by atoms with Gasteiger partial charge in [-0.25, -0.2) is 13.1 Å². The Bertz CT molecular complexity index is 529. The van der Waals surface area contributed by atoms with Gasteiger partial charge in [0.2, 0.25) is 10.0 Å². The Kier molecular flexibility index (Phi) is 6.95. The van der Waals surface area contributed by atoms with Crippen molar-refractivity contribution in [1.82, 2.24) is 4.72 Å². The number of unbranched alkanes of at least 4 members (excludes halogenated alkanes) is 1. The summed E-state index contributed by atoms with van der Waals surface area (Å²) in [5.74, 6) is 0.634. The fourth-order valence-electron chi connectivity index (χ4n) is 1.81. The normalized spacial score (nSPS) is 12.1. The minimum atomic E-state index is -3.53. The summed E-state index contributed by atoms with van der Waals surface area (Å²) >= 11 is 5.85. The molecule has 0 radical (unpaired) electrons. The van der Waals surface area contributed by atoms with Crippen molar-refractivity contribution in [3.8, 4) is 0 Å². The highest BCUT2D eigenvalue weighted by Gasteiger charge is 2.14. The van der Waals surface area contributed by atoms with E-state index in [1.807, 2.05) is 0 Å². The van der Waals surface area contributed by atoms with E-state index in [0.717, 1.165) is 19.3 Å². The molecular formula is C14H22ClNO3S. The minimum absolute atomic E-state index is 0.134. The van der Waals surface area contributed by atoms with Gasteiger partial charge in [-0.1, -0.05) is 38.3 Å². The maximum atomic E-state index is 12.1. The molecule has 6 heteroatoms. The van der Waals surface area contributed by atoms with Crippen molar-refractivity contribution >= 4 is 21.6 Å². The third-order valence-corrected chi connectivity index (χ3v) is 4.83. The molecule has 4 nitrogen and oxygen atoms in total. The molecule has 2 N–H and O–H groups in total. The minimum Gasteiger partial charge on any atom is -0.392 e. The second-order valence-electron chi connectivity index (χ2n) is 5.20. The Balaban J connectivity index is 2.60. The first kappa shape index (κ1) is 17.4. The highest BCUT2D eigenvalue weighted by atomic mass is 35.5. The van der Waals surface area contributed by atoms with Crippen LogP contribution in [-0.4, -0.2) is 20.1 Å². The smallest absolute Gasteiger partial charge is 0.240 e. The zero-order valence-corrected chi connectivity index (χ0v) is 13.5. The standard InChI is InChI=1S/C14H22ClNO3S/c1-11(2)5-3-4-8-16-20(18,19)13-6-7-14(15)12(9-13)10-17/h6-7,9,11,16-17H,3-5,8,10H2,1-2H3. The van der Waals surface area contributed by atoms with Crippen molar-refractivity contribution in [2.75, 3.05) is 6.54 Å². The molecule has 1 aromatic rings. The Morgan fingerprint density at radius 3 is 2.60 bits per heavy atom. The van der Waals surface area contributed by atoms with E-state index in [0.29, 0.717) is 23.0 Å². The third kappa shape index (κ3) is 5.40. The van der Waals surface area contributed by atoms with Crippen LogP contribution in [0.2, 0.25) is 5.02 Å². The van der Waals surface area contributed by atoms with Gasteiger partial charge in [0.05, 0.1) is 11.5 Å².